The maximum atomic E-state index is 11.2. The summed E-state index contributed by atoms with van der Waals surface area (Å²) in [6.07, 6.45) is 3.13. The zero-order chi connectivity index (χ0) is 11.3. The van der Waals surface area contributed by atoms with E-state index >= 15 is 0 Å². The third-order valence-electron chi connectivity index (χ3n) is 1.45. The van der Waals surface area contributed by atoms with E-state index in [1.54, 1.807) is 12.1 Å². The van der Waals surface area contributed by atoms with Gasteiger partial charge in [0, 0.05) is 16.0 Å². The molecule has 1 heterocycles. The molecule has 0 atom stereocenters. The number of halogens is 2. The molecule has 1 aromatic heterocycles. The second kappa shape index (κ2) is 5.95. The number of rotatable bonds is 4. The molecule has 1 rings (SSSR count). The van der Waals surface area contributed by atoms with Gasteiger partial charge in [0.15, 0.2) is 0 Å². The number of hydrogen-bond acceptors (Lipinski definition) is 2. The molecule has 80 valence electrons. The van der Waals surface area contributed by atoms with Crippen LogP contribution in [0.5, 0.6) is 0 Å². The van der Waals surface area contributed by atoms with Crippen molar-refractivity contribution in [2.75, 3.05) is 6.54 Å². The lowest BCUT2D eigenvalue weighted by molar-refractivity contribution is -0.116. The van der Waals surface area contributed by atoms with Crippen molar-refractivity contribution >= 4 is 46.5 Å². The molecule has 0 aromatic carbocycles. The van der Waals surface area contributed by atoms with Crippen molar-refractivity contribution in [1.29, 1.82) is 0 Å². The molecular weight excluding hydrogens is 253 g/mol. The Hall–Kier alpha value is -0.770. The summed E-state index contributed by atoms with van der Waals surface area (Å²) >= 11 is 12.6. The third kappa shape index (κ3) is 5.02. The lowest BCUT2D eigenvalue weighted by Gasteiger charge is -1.97. The van der Waals surface area contributed by atoms with Gasteiger partial charge in [0.05, 0.1) is 10.9 Å². The van der Waals surface area contributed by atoms with E-state index in [-0.39, 0.29) is 12.5 Å². The Morgan fingerprint density at radius 3 is 2.87 bits per heavy atom. The van der Waals surface area contributed by atoms with Crippen molar-refractivity contribution in [2.45, 2.75) is 0 Å². The normalized spacial score (nSPS) is 10.5. The summed E-state index contributed by atoms with van der Waals surface area (Å²) < 4.78 is 0.698. The number of amides is 1. The molecule has 0 saturated carbocycles. The molecule has 2 nitrogen and oxygen atoms in total. The number of carbonyl (C=O) groups excluding carboxylic acids is 1. The Balaban J connectivity index is 2.44. The Labute approximate surface area is 102 Å². The first-order chi connectivity index (χ1) is 7.08. The number of hydrogen-bond donors (Lipinski definition) is 1. The van der Waals surface area contributed by atoms with E-state index in [4.69, 9.17) is 23.2 Å². The molecule has 0 saturated heterocycles. The van der Waals surface area contributed by atoms with Crippen molar-refractivity contribution in [2.24, 2.45) is 0 Å². The lowest BCUT2D eigenvalue weighted by atomic mass is 10.4. The fraction of sp³-hybridized carbons (Fsp3) is 0.100. The summed E-state index contributed by atoms with van der Waals surface area (Å²) in [5.41, 5.74) is 0. The highest BCUT2D eigenvalue weighted by Crippen LogP contribution is 2.22. The fourth-order valence-electron chi connectivity index (χ4n) is 0.818. The van der Waals surface area contributed by atoms with Crippen molar-refractivity contribution in [3.05, 3.63) is 39.0 Å². The monoisotopic (exact) mass is 261 g/mol. The van der Waals surface area contributed by atoms with Gasteiger partial charge in [-0.05, 0) is 18.2 Å². The van der Waals surface area contributed by atoms with Crippen LogP contribution in [0.25, 0.3) is 6.08 Å². The van der Waals surface area contributed by atoms with E-state index in [1.807, 2.05) is 6.07 Å². The van der Waals surface area contributed by atoms with Crippen LogP contribution in [0.3, 0.4) is 0 Å². The van der Waals surface area contributed by atoms with Crippen LogP contribution in [0.2, 0.25) is 4.34 Å². The summed E-state index contributed by atoms with van der Waals surface area (Å²) in [6.45, 7) is 3.73. The third-order valence-corrected chi connectivity index (χ3v) is 2.78. The molecule has 0 aliphatic rings. The van der Waals surface area contributed by atoms with Crippen LogP contribution in [-0.4, -0.2) is 12.5 Å². The van der Waals surface area contributed by atoms with Gasteiger partial charge in [0.25, 0.3) is 0 Å². The van der Waals surface area contributed by atoms with Gasteiger partial charge >= 0.3 is 0 Å². The molecule has 0 fully saturated rings. The highest BCUT2D eigenvalue weighted by Gasteiger charge is 1.97. The van der Waals surface area contributed by atoms with Crippen molar-refractivity contribution in [3.63, 3.8) is 0 Å². The minimum atomic E-state index is -0.207. The predicted molar refractivity (Wildman–Crippen MR) is 66.4 cm³/mol. The first-order valence-electron chi connectivity index (χ1n) is 4.12. The predicted octanol–water partition coefficient (Wildman–Crippen LogP) is 3.28. The Bertz CT molecular complexity index is 398. The van der Waals surface area contributed by atoms with Gasteiger partial charge in [-0.2, -0.15) is 0 Å². The van der Waals surface area contributed by atoms with E-state index in [1.165, 1.54) is 17.4 Å². The fourth-order valence-corrected chi connectivity index (χ4v) is 1.85. The number of thiophene rings is 1. The first kappa shape index (κ1) is 12.3. The minimum Gasteiger partial charge on any atom is -0.348 e. The van der Waals surface area contributed by atoms with E-state index in [9.17, 15) is 4.79 Å². The van der Waals surface area contributed by atoms with Crippen LogP contribution in [0.1, 0.15) is 4.88 Å². The van der Waals surface area contributed by atoms with Gasteiger partial charge in [-0.3, -0.25) is 4.79 Å². The molecule has 1 aromatic rings. The summed E-state index contributed by atoms with van der Waals surface area (Å²) in [5, 5.41) is 2.97. The van der Waals surface area contributed by atoms with E-state index in [0.717, 1.165) is 4.88 Å². The van der Waals surface area contributed by atoms with Gasteiger partial charge in [-0.1, -0.05) is 29.8 Å². The topological polar surface area (TPSA) is 29.1 Å². The van der Waals surface area contributed by atoms with Crippen LogP contribution in [0, 0.1) is 0 Å². The molecule has 5 heteroatoms. The zero-order valence-corrected chi connectivity index (χ0v) is 10.1. The van der Waals surface area contributed by atoms with E-state index < -0.39 is 0 Å². The van der Waals surface area contributed by atoms with E-state index in [0.29, 0.717) is 9.37 Å². The quantitative estimate of drug-likeness (QED) is 0.829. The number of nitrogens with one attached hydrogen (secondary N) is 1. The average molecular weight is 262 g/mol. The Kier molecular flexibility index (Phi) is 4.88. The molecule has 0 aliphatic heterocycles. The van der Waals surface area contributed by atoms with Crippen LogP contribution in [0.15, 0.2) is 29.8 Å². The average Bonchev–Trinajstić information content (AvgIpc) is 2.58. The van der Waals surface area contributed by atoms with Crippen LogP contribution in [-0.2, 0) is 4.79 Å². The van der Waals surface area contributed by atoms with Gasteiger partial charge in [-0.25, -0.2) is 0 Å². The minimum absolute atomic E-state index is 0.207. The Morgan fingerprint density at radius 2 is 2.33 bits per heavy atom. The summed E-state index contributed by atoms with van der Waals surface area (Å²) in [4.78, 5) is 12.1. The number of carbonyl (C=O) groups is 1. The molecule has 0 aliphatic carbocycles. The second-order valence-electron chi connectivity index (χ2n) is 2.71. The largest absolute Gasteiger partial charge is 0.348 e. The van der Waals surface area contributed by atoms with Crippen LogP contribution >= 0.6 is 34.5 Å². The molecule has 0 unspecified atom stereocenters. The summed E-state index contributed by atoms with van der Waals surface area (Å²) in [6, 6.07) is 3.63. The van der Waals surface area contributed by atoms with Gasteiger partial charge < -0.3 is 5.32 Å². The van der Waals surface area contributed by atoms with Crippen molar-refractivity contribution in [1.82, 2.24) is 5.32 Å². The smallest absolute Gasteiger partial charge is 0.244 e. The maximum absolute atomic E-state index is 11.2. The Morgan fingerprint density at radius 1 is 1.60 bits per heavy atom. The second-order valence-corrected chi connectivity index (χ2v) is 4.99. The molecule has 1 amide bonds. The molecule has 0 spiro atoms. The van der Waals surface area contributed by atoms with Gasteiger partial charge in [-0.15, -0.1) is 11.3 Å². The summed E-state index contributed by atoms with van der Waals surface area (Å²) in [7, 11) is 0. The molecule has 0 radical (unpaired) electrons. The van der Waals surface area contributed by atoms with Crippen LogP contribution in [0.4, 0.5) is 0 Å². The molecule has 0 bridgehead atoms. The molecule has 1 N–H and O–H groups in total. The summed E-state index contributed by atoms with van der Waals surface area (Å²) in [5.74, 6) is -0.207. The SMILES string of the molecule is C=C(Cl)CNC(=O)/C=C/c1ccc(Cl)s1. The van der Waals surface area contributed by atoms with Crippen molar-refractivity contribution < 1.29 is 4.79 Å². The maximum Gasteiger partial charge on any atom is 0.244 e. The highest BCUT2D eigenvalue weighted by molar-refractivity contribution is 7.17. The molecule has 15 heavy (non-hydrogen) atoms. The standard InChI is InChI=1S/C10H9Cl2NOS/c1-7(11)6-13-10(14)5-3-8-2-4-9(12)15-8/h2-5H,1,6H2,(H,13,14)/b5-3+. The molecular formula is C10H9Cl2NOS. The lowest BCUT2D eigenvalue weighted by Crippen LogP contribution is -2.21. The van der Waals surface area contributed by atoms with E-state index in [2.05, 4.69) is 11.9 Å². The van der Waals surface area contributed by atoms with Gasteiger partial charge in [0.2, 0.25) is 5.91 Å². The van der Waals surface area contributed by atoms with Crippen molar-refractivity contribution in [3.8, 4) is 0 Å². The van der Waals surface area contributed by atoms with Crippen LogP contribution < -0.4 is 5.32 Å². The zero-order valence-electron chi connectivity index (χ0n) is 7.80. The van der Waals surface area contributed by atoms with Gasteiger partial charge in [0.1, 0.15) is 0 Å². The highest BCUT2D eigenvalue weighted by atomic mass is 35.5. The first-order valence-corrected chi connectivity index (χ1v) is 5.69.